The van der Waals surface area contributed by atoms with Crippen molar-refractivity contribution in [2.24, 2.45) is 0 Å². The third-order valence-corrected chi connectivity index (χ3v) is 5.25. The van der Waals surface area contributed by atoms with Crippen LogP contribution in [0.5, 0.6) is 0 Å². The summed E-state index contributed by atoms with van der Waals surface area (Å²) in [7, 11) is 0. The zero-order chi connectivity index (χ0) is 20.9. The minimum atomic E-state index is -0.321. The molecule has 1 N–H and O–H groups in total. The first-order chi connectivity index (χ1) is 14.6. The molecule has 1 aromatic heterocycles. The van der Waals surface area contributed by atoms with Crippen molar-refractivity contribution in [1.82, 2.24) is 9.78 Å². The molecular weight excluding hydrogens is 402 g/mol. The van der Waals surface area contributed by atoms with E-state index in [1.165, 1.54) is 16.4 Å². The quantitative estimate of drug-likeness (QED) is 0.683. The van der Waals surface area contributed by atoms with E-state index in [0.717, 1.165) is 26.2 Å². The van der Waals surface area contributed by atoms with Crippen LogP contribution in [0.3, 0.4) is 0 Å². The molecular formula is C22H22ClN5O2. The molecule has 0 aliphatic carbocycles. The number of aromatic nitrogens is 2. The molecule has 1 aliphatic rings. The minimum absolute atomic E-state index is 0.153. The Bertz CT molecular complexity index is 1060. The van der Waals surface area contributed by atoms with Crippen LogP contribution in [0.25, 0.3) is 0 Å². The molecule has 8 heteroatoms. The van der Waals surface area contributed by atoms with Crippen LogP contribution >= 0.6 is 11.6 Å². The second-order valence-corrected chi connectivity index (χ2v) is 7.49. The van der Waals surface area contributed by atoms with Gasteiger partial charge in [-0.2, -0.15) is 5.10 Å². The molecule has 30 heavy (non-hydrogen) atoms. The Morgan fingerprint density at radius 1 is 0.900 bits per heavy atom. The molecule has 4 rings (SSSR count). The topological polar surface area (TPSA) is 70.5 Å². The standard InChI is InChI=1S/C22H22ClN5O2/c23-17-6-8-18(9-7-17)24-21(29)16-28-22(30)11-10-20(25-28)27-14-12-26(13-15-27)19-4-2-1-3-5-19/h1-11H,12-16H2,(H,24,29). The predicted molar refractivity (Wildman–Crippen MR) is 119 cm³/mol. The molecule has 0 spiro atoms. The van der Waals surface area contributed by atoms with Crippen LogP contribution in [0.2, 0.25) is 5.02 Å². The molecule has 1 amide bonds. The molecule has 1 saturated heterocycles. The summed E-state index contributed by atoms with van der Waals surface area (Å²) in [5.74, 6) is 0.375. The van der Waals surface area contributed by atoms with Crippen LogP contribution in [-0.2, 0) is 11.3 Å². The van der Waals surface area contributed by atoms with Gasteiger partial charge in [0.2, 0.25) is 5.91 Å². The molecule has 3 aromatic rings. The normalized spacial score (nSPS) is 13.9. The van der Waals surface area contributed by atoms with Crippen molar-refractivity contribution in [2.75, 3.05) is 41.3 Å². The highest BCUT2D eigenvalue weighted by atomic mass is 35.5. The Morgan fingerprint density at radius 3 is 2.27 bits per heavy atom. The van der Waals surface area contributed by atoms with Crippen molar-refractivity contribution in [2.45, 2.75) is 6.54 Å². The first kappa shape index (κ1) is 20.0. The van der Waals surface area contributed by atoms with Crippen LogP contribution in [0.1, 0.15) is 0 Å². The molecule has 1 fully saturated rings. The maximum atomic E-state index is 12.3. The fourth-order valence-electron chi connectivity index (χ4n) is 3.42. The largest absolute Gasteiger partial charge is 0.368 e. The molecule has 2 aromatic carbocycles. The van der Waals surface area contributed by atoms with Gasteiger partial charge in [-0.3, -0.25) is 9.59 Å². The van der Waals surface area contributed by atoms with Gasteiger partial charge in [-0.25, -0.2) is 4.68 Å². The number of benzene rings is 2. The number of nitrogens with zero attached hydrogens (tertiary/aromatic N) is 4. The highest BCUT2D eigenvalue weighted by molar-refractivity contribution is 6.30. The number of nitrogens with one attached hydrogen (secondary N) is 1. The van der Waals surface area contributed by atoms with Gasteiger partial charge < -0.3 is 15.1 Å². The predicted octanol–water partition coefficient (Wildman–Crippen LogP) is 2.86. The molecule has 2 heterocycles. The lowest BCUT2D eigenvalue weighted by atomic mass is 10.2. The summed E-state index contributed by atoms with van der Waals surface area (Å²) in [4.78, 5) is 29.0. The first-order valence-electron chi connectivity index (χ1n) is 9.77. The first-order valence-corrected chi connectivity index (χ1v) is 10.1. The van der Waals surface area contributed by atoms with Gasteiger partial charge in [-0.05, 0) is 42.5 Å². The molecule has 0 saturated carbocycles. The summed E-state index contributed by atoms with van der Waals surface area (Å²) >= 11 is 5.86. The van der Waals surface area contributed by atoms with E-state index in [1.807, 2.05) is 18.2 Å². The van der Waals surface area contributed by atoms with Gasteiger partial charge in [-0.15, -0.1) is 0 Å². The van der Waals surface area contributed by atoms with Crippen LogP contribution in [-0.4, -0.2) is 41.9 Å². The van der Waals surface area contributed by atoms with Gasteiger partial charge in [-0.1, -0.05) is 29.8 Å². The zero-order valence-corrected chi connectivity index (χ0v) is 17.1. The SMILES string of the molecule is O=C(Cn1nc(N2CCN(c3ccccc3)CC2)ccc1=O)Nc1ccc(Cl)cc1. The smallest absolute Gasteiger partial charge is 0.267 e. The maximum Gasteiger partial charge on any atom is 0.267 e. The number of hydrogen-bond donors (Lipinski definition) is 1. The molecule has 0 bridgehead atoms. The van der Waals surface area contributed by atoms with Crippen LogP contribution < -0.4 is 20.7 Å². The molecule has 7 nitrogen and oxygen atoms in total. The summed E-state index contributed by atoms with van der Waals surface area (Å²) in [5, 5.41) is 7.76. The van der Waals surface area contributed by atoms with Crippen molar-refractivity contribution in [1.29, 1.82) is 0 Å². The number of para-hydroxylation sites is 1. The van der Waals surface area contributed by atoms with E-state index in [-0.39, 0.29) is 18.0 Å². The van der Waals surface area contributed by atoms with E-state index in [0.29, 0.717) is 16.5 Å². The fraction of sp³-hybridized carbons (Fsp3) is 0.227. The van der Waals surface area contributed by atoms with E-state index in [4.69, 9.17) is 11.6 Å². The fourth-order valence-corrected chi connectivity index (χ4v) is 3.55. The summed E-state index contributed by atoms with van der Waals surface area (Å²) in [6, 6.07) is 20.3. The Labute approximate surface area is 179 Å². The van der Waals surface area contributed by atoms with E-state index in [2.05, 4.69) is 32.3 Å². The highest BCUT2D eigenvalue weighted by Gasteiger charge is 2.19. The lowest BCUT2D eigenvalue weighted by Gasteiger charge is -2.36. The second kappa shape index (κ2) is 9.00. The van der Waals surface area contributed by atoms with Gasteiger partial charge in [0, 0.05) is 48.6 Å². The monoisotopic (exact) mass is 423 g/mol. The van der Waals surface area contributed by atoms with Gasteiger partial charge >= 0.3 is 0 Å². The number of carbonyl (C=O) groups excluding carboxylic acids is 1. The van der Waals surface area contributed by atoms with Crippen LogP contribution in [0.15, 0.2) is 71.5 Å². The minimum Gasteiger partial charge on any atom is -0.368 e. The van der Waals surface area contributed by atoms with Crippen molar-refractivity contribution in [3.63, 3.8) is 0 Å². The average Bonchev–Trinajstić information content (AvgIpc) is 2.78. The third-order valence-electron chi connectivity index (χ3n) is 5.00. The maximum absolute atomic E-state index is 12.3. The number of halogens is 1. The van der Waals surface area contributed by atoms with Crippen LogP contribution in [0.4, 0.5) is 17.2 Å². The van der Waals surface area contributed by atoms with E-state index < -0.39 is 0 Å². The molecule has 0 unspecified atom stereocenters. The average molecular weight is 424 g/mol. The van der Waals surface area contributed by atoms with Crippen molar-refractivity contribution < 1.29 is 4.79 Å². The summed E-state index contributed by atoms with van der Waals surface area (Å²) in [6.45, 7) is 3.15. The molecule has 154 valence electrons. The lowest BCUT2D eigenvalue weighted by molar-refractivity contribution is -0.117. The number of hydrogen-bond acceptors (Lipinski definition) is 5. The number of rotatable bonds is 5. The van der Waals surface area contributed by atoms with E-state index in [9.17, 15) is 9.59 Å². The Morgan fingerprint density at radius 2 is 1.57 bits per heavy atom. The molecule has 1 aliphatic heterocycles. The summed E-state index contributed by atoms with van der Waals surface area (Å²) in [5.41, 5.74) is 1.51. The van der Waals surface area contributed by atoms with E-state index in [1.54, 1.807) is 30.3 Å². The molecule has 0 atom stereocenters. The van der Waals surface area contributed by atoms with Gasteiger partial charge in [0.1, 0.15) is 12.4 Å². The lowest BCUT2D eigenvalue weighted by Crippen LogP contribution is -2.47. The van der Waals surface area contributed by atoms with E-state index >= 15 is 0 Å². The Hall–Kier alpha value is -3.32. The highest BCUT2D eigenvalue weighted by Crippen LogP contribution is 2.18. The van der Waals surface area contributed by atoms with Crippen molar-refractivity contribution in [3.05, 3.63) is 82.1 Å². The Kier molecular flexibility index (Phi) is 5.99. The van der Waals surface area contributed by atoms with Crippen LogP contribution in [0, 0.1) is 0 Å². The summed E-state index contributed by atoms with van der Waals surface area (Å²) < 4.78 is 1.20. The number of carbonyl (C=O) groups is 1. The number of piperazine rings is 1. The van der Waals surface area contributed by atoms with Crippen molar-refractivity contribution in [3.8, 4) is 0 Å². The number of amides is 1. The summed E-state index contributed by atoms with van der Waals surface area (Å²) in [6.07, 6.45) is 0. The van der Waals surface area contributed by atoms with Gasteiger partial charge in [0.15, 0.2) is 0 Å². The molecule has 0 radical (unpaired) electrons. The zero-order valence-electron chi connectivity index (χ0n) is 16.4. The third kappa shape index (κ3) is 4.80. The van der Waals surface area contributed by atoms with Gasteiger partial charge in [0.05, 0.1) is 0 Å². The Balaban J connectivity index is 1.40. The second-order valence-electron chi connectivity index (χ2n) is 7.05. The number of anilines is 3. The van der Waals surface area contributed by atoms with Crippen molar-refractivity contribution >= 4 is 34.7 Å². The van der Waals surface area contributed by atoms with Gasteiger partial charge in [0.25, 0.3) is 5.56 Å².